The summed E-state index contributed by atoms with van der Waals surface area (Å²) in [5.41, 5.74) is -0.986. The lowest BCUT2D eigenvalue weighted by Gasteiger charge is -2.16. The topological polar surface area (TPSA) is 65.6 Å². The molecule has 1 unspecified atom stereocenters. The first kappa shape index (κ1) is 24.7. The van der Waals surface area contributed by atoms with E-state index in [4.69, 9.17) is 4.74 Å². The summed E-state index contributed by atoms with van der Waals surface area (Å²) in [5.74, 6) is 2.29. The van der Waals surface area contributed by atoms with Crippen LogP contribution in [0.5, 0.6) is 0 Å². The van der Waals surface area contributed by atoms with Gasteiger partial charge in [0.2, 0.25) is 0 Å². The van der Waals surface area contributed by atoms with E-state index < -0.39 is 41.1 Å². The van der Waals surface area contributed by atoms with Gasteiger partial charge in [-0.05, 0) is 35.9 Å². The number of benzene rings is 1. The molecule has 0 saturated carbocycles. The molecule has 4 aromatic rings. The molecule has 4 rings (SSSR count). The van der Waals surface area contributed by atoms with Crippen molar-refractivity contribution in [2.45, 2.75) is 18.8 Å². The number of esters is 1. The molecule has 3 heterocycles. The minimum absolute atomic E-state index is 0.0587. The summed E-state index contributed by atoms with van der Waals surface area (Å²) >= 11 is 0. The Kier molecular flexibility index (Phi) is 6.92. The maximum atomic E-state index is 14.7. The summed E-state index contributed by atoms with van der Waals surface area (Å²) in [7, 11) is 2.66. The van der Waals surface area contributed by atoms with Crippen LogP contribution in [0.4, 0.5) is 17.6 Å². The van der Waals surface area contributed by atoms with Gasteiger partial charge in [-0.2, -0.15) is 5.10 Å². The lowest BCUT2D eigenvalue weighted by molar-refractivity contribution is 0.0600. The number of methoxy groups -OCH3 is 1. The highest BCUT2D eigenvalue weighted by molar-refractivity contribution is 5.95. The van der Waals surface area contributed by atoms with Crippen LogP contribution in [-0.4, -0.2) is 27.3 Å². The highest BCUT2D eigenvalue weighted by Gasteiger charge is 2.23. The van der Waals surface area contributed by atoms with Gasteiger partial charge in [0.25, 0.3) is 12.0 Å². The number of alkyl halides is 2. The third-order valence-corrected chi connectivity index (χ3v) is 5.73. The first-order chi connectivity index (χ1) is 17.2. The van der Waals surface area contributed by atoms with Gasteiger partial charge in [-0.25, -0.2) is 26.9 Å². The SMILES string of the molecule is COC(=O)c1ccn2ncc(C(F)F)c2c1C#CCC(c1cc(F)ccc1F)c1cccn(C)c1=O. The monoisotopic (exact) mass is 497 g/mol. The average molecular weight is 497 g/mol. The van der Waals surface area contributed by atoms with Gasteiger partial charge in [0.15, 0.2) is 0 Å². The molecule has 0 bridgehead atoms. The van der Waals surface area contributed by atoms with E-state index in [2.05, 4.69) is 16.9 Å². The summed E-state index contributed by atoms with van der Waals surface area (Å²) in [6, 6.07) is 7.31. The quantitative estimate of drug-likeness (QED) is 0.230. The second kappa shape index (κ2) is 10.1. The number of hydrogen-bond acceptors (Lipinski definition) is 4. The van der Waals surface area contributed by atoms with Crippen molar-refractivity contribution in [3.8, 4) is 11.8 Å². The number of carbonyl (C=O) groups excluding carboxylic acids is 1. The van der Waals surface area contributed by atoms with E-state index in [0.29, 0.717) is 0 Å². The molecule has 3 aromatic heterocycles. The van der Waals surface area contributed by atoms with Gasteiger partial charge in [-0.1, -0.05) is 17.9 Å². The summed E-state index contributed by atoms with van der Waals surface area (Å²) in [4.78, 5) is 25.1. The standard InChI is InChI=1S/C26H19F4N3O3/c1-32-11-4-7-18(25(32)34)16(20-13-15(27)8-9-22(20)28)5-3-6-17-19(26(35)36-2)10-12-33-23(17)21(14-31-33)24(29)30/h4,7-14,16,24H,5H2,1-2H3. The normalized spacial score (nSPS) is 11.9. The summed E-state index contributed by atoms with van der Waals surface area (Å²) < 4.78 is 63.3. The van der Waals surface area contributed by atoms with Crippen molar-refractivity contribution in [1.82, 2.24) is 14.2 Å². The Hall–Kier alpha value is -4.39. The highest BCUT2D eigenvalue weighted by atomic mass is 19.3. The molecule has 184 valence electrons. The van der Waals surface area contributed by atoms with Crippen LogP contribution in [0.2, 0.25) is 0 Å². The van der Waals surface area contributed by atoms with Crippen LogP contribution >= 0.6 is 0 Å². The molecule has 0 N–H and O–H groups in total. The van der Waals surface area contributed by atoms with Gasteiger partial charge in [-0.3, -0.25) is 4.79 Å². The minimum Gasteiger partial charge on any atom is -0.465 e. The van der Waals surface area contributed by atoms with Gasteiger partial charge in [0.05, 0.1) is 35.5 Å². The van der Waals surface area contributed by atoms with Gasteiger partial charge in [0, 0.05) is 37.3 Å². The zero-order chi connectivity index (χ0) is 26.0. The van der Waals surface area contributed by atoms with Gasteiger partial charge < -0.3 is 9.30 Å². The number of aryl methyl sites for hydroxylation is 1. The van der Waals surface area contributed by atoms with Crippen molar-refractivity contribution in [3.05, 3.63) is 105 Å². The van der Waals surface area contributed by atoms with Crippen LogP contribution in [0.25, 0.3) is 5.52 Å². The Morgan fingerprint density at radius 2 is 1.89 bits per heavy atom. The molecule has 0 aliphatic heterocycles. The van der Waals surface area contributed by atoms with E-state index in [0.717, 1.165) is 36.0 Å². The molecule has 6 nitrogen and oxygen atoms in total. The second-order valence-corrected chi connectivity index (χ2v) is 7.89. The number of aromatic nitrogens is 3. The Labute approximate surface area is 202 Å². The molecule has 0 radical (unpaired) electrons. The molecule has 1 aromatic carbocycles. The van der Waals surface area contributed by atoms with Crippen LogP contribution in [0.1, 0.15) is 51.4 Å². The Bertz CT molecular complexity index is 1580. The largest absolute Gasteiger partial charge is 0.465 e. The van der Waals surface area contributed by atoms with Crippen molar-refractivity contribution >= 4 is 11.5 Å². The van der Waals surface area contributed by atoms with Crippen LogP contribution in [0, 0.1) is 23.5 Å². The molecule has 0 aliphatic rings. The van der Waals surface area contributed by atoms with Crippen LogP contribution in [-0.2, 0) is 11.8 Å². The molecular weight excluding hydrogens is 478 g/mol. The third kappa shape index (κ3) is 4.60. The molecule has 36 heavy (non-hydrogen) atoms. The number of nitrogens with zero attached hydrogens (tertiary/aromatic N) is 3. The number of hydrogen-bond donors (Lipinski definition) is 0. The Morgan fingerprint density at radius 3 is 2.61 bits per heavy atom. The summed E-state index contributed by atoms with van der Waals surface area (Å²) in [5, 5.41) is 3.89. The minimum atomic E-state index is -2.89. The number of halogens is 4. The maximum Gasteiger partial charge on any atom is 0.339 e. The van der Waals surface area contributed by atoms with E-state index >= 15 is 0 Å². The first-order valence-electron chi connectivity index (χ1n) is 10.7. The number of ether oxygens (including phenoxy) is 1. The summed E-state index contributed by atoms with van der Waals surface area (Å²) in [6.45, 7) is 0. The molecule has 0 aliphatic carbocycles. The van der Waals surface area contributed by atoms with Crippen LogP contribution in [0.3, 0.4) is 0 Å². The smallest absolute Gasteiger partial charge is 0.339 e. The Morgan fingerprint density at radius 1 is 1.11 bits per heavy atom. The first-order valence-corrected chi connectivity index (χ1v) is 10.7. The highest BCUT2D eigenvalue weighted by Crippen LogP contribution is 2.30. The lowest BCUT2D eigenvalue weighted by Crippen LogP contribution is -2.23. The van der Waals surface area contributed by atoms with Crippen molar-refractivity contribution in [2.24, 2.45) is 7.05 Å². The van der Waals surface area contributed by atoms with Gasteiger partial charge in [-0.15, -0.1) is 0 Å². The number of rotatable bonds is 5. The van der Waals surface area contributed by atoms with E-state index in [1.54, 1.807) is 6.07 Å². The van der Waals surface area contributed by atoms with E-state index in [1.165, 1.54) is 36.1 Å². The fourth-order valence-corrected chi connectivity index (χ4v) is 3.96. The van der Waals surface area contributed by atoms with Crippen LogP contribution in [0.15, 0.2) is 59.8 Å². The molecular formula is C26H19F4N3O3. The third-order valence-electron chi connectivity index (χ3n) is 5.73. The van der Waals surface area contributed by atoms with Crippen molar-refractivity contribution in [1.29, 1.82) is 0 Å². The van der Waals surface area contributed by atoms with E-state index in [-0.39, 0.29) is 34.2 Å². The average Bonchev–Trinajstić information content (AvgIpc) is 3.30. The predicted molar refractivity (Wildman–Crippen MR) is 123 cm³/mol. The second-order valence-electron chi connectivity index (χ2n) is 7.89. The van der Waals surface area contributed by atoms with E-state index in [9.17, 15) is 27.2 Å². The van der Waals surface area contributed by atoms with Gasteiger partial charge >= 0.3 is 5.97 Å². The molecule has 0 fully saturated rings. The fourth-order valence-electron chi connectivity index (χ4n) is 3.96. The maximum absolute atomic E-state index is 14.7. The van der Waals surface area contributed by atoms with Crippen molar-refractivity contribution in [2.75, 3.05) is 7.11 Å². The molecule has 0 saturated heterocycles. The van der Waals surface area contributed by atoms with E-state index in [1.807, 2.05) is 0 Å². The summed E-state index contributed by atoms with van der Waals surface area (Å²) in [6.07, 6.45) is 0.754. The fraction of sp³-hybridized carbons (Fsp3) is 0.192. The van der Waals surface area contributed by atoms with Crippen molar-refractivity contribution < 1.29 is 27.1 Å². The zero-order valence-electron chi connectivity index (χ0n) is 19.1. The number of fused-ring (bicyclic) bond motifs is 1. The number of pyridine rings is 2. The van der Waals surface area contributed by atoms with Crippen molar-refractivity contribution in [3.63, 3.8) is 0 Å². The Balaban J connectivity index is 1.89. The molecule has 0 amide bonds. The number of carbonyl (C=O) groups is 1. The van der Waals surface area contributed by atoms with Crippen LogP contribution < -0.4 is 5.56 Å². The zero-order valence-corrected chi connectivity index (χ0v) is 19.1. The predicted octanol–water partition coefficient (Wildman–Crippen LogP) is 4.61. The molecule has 0 spiro atoms. The van der Waals surface area contributed by atoms with Gasteiger partial charge in [0.1, 0.15) is 11.6 Å². The lowest BCUT2D eigenvalue weighted by atomic mass is 9.88. The molecule has 1 atom stereocenters. The molecule has 10 heteroatoms.